The fraction of sp³-hybridized carbons (Fsp3) is 0. The number of aromatic nitrogens is 4. The summed E-state index contributed by atoms with van der Waals surface area (Å²) in [5, 5.41) is 3.40. The van der Waals surface area contributed by atoms with Crippen molar-refractivity contribution in [3.05, 3.63) is 170 Å². The molecule has 7 aromatic carbocycles. The molecule has 0 amide bonds. The maximum atomic E-state index is 8.73. The van der Waals surface area contributed by atoms with Crippen LogP contribution in [0.5, 0.6) is 0 Å². The summed E-state index contributed by atoms with van der Waals surface area (Å²) in [6.45, 7) is 0. The minimum atomic E-state index is -0.617. The Morgan fingerprint density at radius 1 is 0.480 bits per heavy atom. The first-order valence-electron chi connectivity index (χ1n) is 20.9. The molecule has 10 aromatic rings. The highest BCUT2D eigenvalue weighted by Gasteiger charge is 2.21. The first-order valence-corrected chi connectivity index (χ1v) is 15.9. The molecule has 3 heterocycles. The van der Waals surface area contributed by atoms with Crippen LogP contribution in [0.4, 0.5) is 0 Å². The van der Waals surface area contributed by atoms with Crippen LogP contribution in [0.25, 0.3) is 94.7 Å². The Kier molecular flexibility index (Phi) is 4.52. The van der Waals surface area contributed by atoms with Crippen LogP contribution in [-0.4, -0.2) is 19.5 Å². The lowest BCUT2D eigenvalue weighted by Crippen LogP contribution is -2.00. The van der Waals surface area contributed by atoms with E-state index in [0.29, 0.717) is 27.5 Å². The van der Waals surface area contributed by atoms with Crippen molar-refractivity contribution in [2.24, 2.45) is 0 Å². The molecule has 5 nitrogen and oxygen atoms in total. The van der Waals surface area contributed by atoms with E-state index in [1.165, 1.54) is 0 Å². The fourth-order valence-corrected chi connectivity index (χ4v) is 6.68. The third-order valence-corrected chi connectivity index (χ3v) is 8.85. The molecule has 0 bridgehead atoms. The van der Waals surface area contributed by atoms with Crippen LogP contribution in [0.1, 0.15) is 13.7 Å². The summed E-state index contributed by atoms with van der Waals surface area (Å²) >= 11 is 0. The van der Waals surface area contributed by atoms with Crippen LogP contribution < -0.4 is 0 Å². The molecule has 234 valence electrons. The first kappa shape index (κ1) is 19.8. The molecular weight excluding hydrogens is 613 g/mol. The highest BCUT2D eigenvalue weighted by molar-refractivity contribution is 6.16. The van der Waals surface area contributed by atoms with E-state index in [0.717, 1.165) is 38.6 Å². The van der Waals surface area contributed by atoms with Crippen LogP contribution in [0, 0.1) is 0 Å². The van der Waals surface area contributed by atoms with Gasteiger partial charge in [0.1, 0.15) is 5.58 Å². The number of nitrogens with zero attached hydrogens (tertiary/aromatic N) is 4. The Hall–Kier alpha value is -6.85. The van der Waals surface area contributed by atoms with E-state index in [9.17, 15) is 0 Å². The molecule has 0 fully saturated rings. The largest absolute Gasteiger partial charge is 0.454 e. The molecule has 0 aliphatic carbocycles. The van der Waals surface area contributed by atoms with Gasteiger partial charge >= 0.3 is 0 Å². The van der Waals surface area contributed by atoms with E-state index >= 15 is 0 Å². The SMILES string of the molecule is [2H]c1c([2H])c([2H])c(-c2nc(-c3c([2H])c([2H])c([2H])c([2H])c3[2H])nc(-c3cccc4oc5c(-n6c7ccccc7c7cc(-c8ccccc8)ccc76)cccc5c34)n2)c([2H])c1[2H]. The molecule has 50 heavy (non-hydrogen) atoms. The second-order valence-electron chi connectivity index (χ2n) is 11.7. The zero-order valence-electron chi connectivity index (χ0n) is 36.1. The van der Waals surface area contributed by atoms with E-state index in [2.05, 4.69) is 62.0 Å². The number of para-hydroxylation sites is 2. The Balaban J connectivity index is 1.25. The lowest BCUT2D eigenvalue weighted by molar-refractivity contribution is 0.666. The monoisotopic (exact) mass is 650 g/mol. The van der Waals surface area contributed by atoms with Gasteiger partial charge in [-0.1, -0.05) is 139 Å². The van der Waals surface area contributed by atoms with Crippen molar-refractivity contribution in [3.63, 3.8) is 0 Å². The van der Waals surface area contributed by atoms with Gasteiger partial charge in [-0.15, -0.1) is 0 Å². The molecule has 0 aliphatic rings. The lowest BCUT2D eigenvalue weighted by Gasteiger charge is -2.10. The molecule has 3 aromatic heterocycles. The van der Waals surface area contributed by atoms with Crippen molar-refractivity contribution in [1.29, 1.82) is 0 Å². The van der Waals surface area contributed by atoms with Crippen molar-refractivity contribution in [1.82, 2.24) is 19.5 Å². The predicted molar refractivity (Wildman–Crippen MR) is 203 cm³/mol. The van der Waals surface area contributed by atoms with Gasteiger partial charge in [-0.2, -0.15) is 0 Å². The number of benzene rings is 7. The zero-order valence-corrected chi connectivity index (χ0v) is 26.1. The lowest BCUT2D eigenvalue weighted by atomic mass is 10.0. The predicted octanol–water partition coefficient (Wildman–Crippen LogP) is 11.5. The number of furan rings is 1. The summed E-state index contributed by atoms with van der Waals surface area (Å²) < 4.78 is 93.5. The molecule has 0 unspecified atom stereocenters. The molecule has 0 saturated carbocycles. The Bertz CT molecular complexity index is 3310. The highest BCUT2D eigenvalue weighted by Crippen LogP contribution is 2.41. The molecule has 10 rings (SSSR count). The summed E-state index contributed by atoms with van der Waals surface area (Å²) in [5.74, 6) is -0.730. The van der Waals surface area contributed by atoms with Gasteiger partial charge in [0.2, 0.25) is 0 Å². The van der Waals surface area contributed by atoms with Gasteiger partial charge in [-0.25, -0.2) is 15.0 Å². The number of hydrogen-bond acceptors (Lipinski definition) is 4. The van der Waals surface area contributed by atoms with E-state index < -0.39 is 60.4 Å². The van der Waals surface area contributed by atoms with Gasteiger partial charge in [0.25, 0.3) is 0 Å². The maximum Gasteiger partial charge on any atom is 0.164 e. The second kappa shape index (κ2) is 11.4. The Morgan fingerprint density at radius 2 is 1.12 bits per heavy atom. The summed E-state index contributed by atoms with van der Waals surface area (Å²) in [4.78, 5) is 13.8. The minimum absolute atomic E-state index is 0.0439. The van der Waals surface area contributed by atoms with Gasteiger partial charge in [-0.05, 0) is 41.5 Å². The van der Waals surface area contributed by atoms with Crippen LogP contribution >= 0.6 is 0 Å². The highest BCUT2D eigenvalue weighted by atomic mass is 16.3. The smallest absolute Gasteiger partial charge is 0.164 e. The third kappa shape index (κ3) is 4.52. The van der Waals surface area contributed by atoms with Crippen LogP contribution in [0.3, 0.4) is 0 Å². The molecule has 0 saturated heterocycles. The van der Waals surface area contributed by atoms with Crippen LogP contribution in [-0.2, 0) is 0 Å². The van der Waals surface area contributed by atoms with Gasteiger partial charge in [0.15, 0.2) is 23.1 Å². The van der Waals surface area contributed by atoms with Crippen molar-refractivity contribution in [3.8, 4) is 51.0 Å². The zero-order chi connectivity index (χ0) is 41.7. The van der Waals surface area contributed by atoms with Gasteiger partial charge < -0.3 is 8.98 Å². The van der Waals surface area contributed by atoms with E-state index in [1.54, 1.807) is 18.2 Å². The molecule has 0 N–H and O–H groups in total. The quantitative estimate of drug-likeness (QED) is 0.186. The topological polar surface area (TPSA) is 56.7 Å². The molecular formula is C45H28N4O. The summed E-state index contributed by atoms with van der Waals surface area (Å²) in [6, 6.07) is 29.9. The minimum Gasteiger partial charge on any atom is -0.454 e. The summed E-state index contributed by atoms with van der Waals surface area (Å²) in [7, 11) is 0. The van der Waals surface area contributed by atoms with Crippen molar-refractivity contribution in [2.45, 2.75) is 0 Å². The summed E-state index contributed by atoms with van der Waals surface area (Å²) in [5.41, 5.74) is 5.64. The van der Waals surface area contributed by atoms with Crippen molar-refractivity contribution < 1.29 is 18.1 Å². The standard InChI is InChI=1S/C45H28N4O/c1-4-14-29(15-5-1)32-26-27-38-36(28-32)33-20-10-11-23-37(33)49(38)39-24-12-21-34-41-35(22-13-25-40(41)50-42(34)39)45-47-43(30-16-6-2-7-17-30)46-44(48-45)31-18-8-3-9-19-31/h1-28H/i2D,3D,6D,7D,8D,9D,16D,17D,18D,19D. The fourth-order valence-electron chi connectivity index (χ4n) is 6.68. The number of rotatable bonds is 5. The second-order valence-corrected chi connectivity index (χ2v) is 11.7. The molecule has 0 atom stereocenters. The Morgan fingerprint density at radius 3 is 1.88 bits per heavy atom. The van der Waals surface area contributed by atoms with Crippen molar-refractivity contribution >= 4 is 43.7 Å². The van der Waals surface area contributed by atoms with Crippen LogP contribution in [0.2, 0.25) is 0 Å². The first-order chi connectivity index (χ1) is 28.9. The average Bonchev–Trinajstić information content (AvgIpc) is 3.82. The summed E-state index contributed by atoms with van der Waals surface area (Å²) in [6.07, 6.45) is 0. The van der Waals surface area contributed by atoms with Gasteiger partial charge in [0, 0.05) is 38.2 Å². The van der Waals surface area contributed by atoms with E-state index in [1.807, 2.05) is 48.5 Å². The van der Waals surface area contributed by atoms with Gasteiger partial charge in [0.05, 0.1) is 30.4 Å². The number of fused-ring (bicyclic) bond motifs is 6. The molecule has 0 spiro atoms. The Labute approximate surface area is 301 Å². The number of hydrogen-bond donors (Lipinski definition) is 0. The average molecular weight is 651 g/mol. The maximum absolute atomic E-state index is 8.73. The molecule has 5 heteroatoms. The molecule has 0 radical (unpaired) electrons. The van der Waals surface area contributed by atoms with E-state index in [-0.39, 0.29) is 28.6 Å². The van der Waals surface area contributed by atoms with Crippen LogP contribution in [0.15, 0.2) is 174 Å². The van der Waals surface area contributed by atoms with Crippen molar-refractivity contribution in [2.75, 3.05) is 0 Å². The molecule has 0 aliphatic heterocycles. The van der Waals surface area contributed by atoms with Gasteiger partial charge in [-0.3, -0.25) is 0 Å². The normalized spacial score (nSPS) is 14.4. The van der Waals surface area contributed by atoms with E-state index in [4.69, 9.17) is 18.1 Å². The third-order valence-electron chi connectivity index (χ3n) is 8.85.